The molecule has 0 aliphatic rings. The zero-order chi connectivity index (χ0) is 13.1. The topological polar surface area (TPSA) is 55.7 Å². The van der Waals surface area contributed by atoms with Crippen LogP contribution in [0.2, 0.25) is 0 Å². The van der Waals surface area contributed by atoms with E-state index in [0.717, 1.165) is 0 Å². The molecule has 1 aromatic rings. The van der Waals surface area contributed by atoms with Gasteiger partial charge in [-0.15, -0.1) is 0 Å². The Morgan fingerprint density at radius 3 is 2.12 bits per heavy atom. The number of hydrogen-bond donors (Lipinski definition) is 0. The molecule has 0 N–H and O–H groups in total. The fraction of sp³-hybridized carbons (Fsp3) is 0.462. The van der Waals surface area contributed by atoms with Crippen molar-refractivity contribution in [1.29, 1.82) is 0 Å². The van der Waals surface area contributed by atoms with E-state index in [1.807, 2.05) is 6.07 Å². The van der Waals surface area contributed by atoms with Gasteiger partial charge >= 0.3 is 5.97 Å². The van der Waals surface area contributed by atoms with E-state index < -0.39 is 17.1 Å². The predicted octanol–water partition coefficient (Wildman–Crippen LogP) is 3.17. The van der Waals surface area contributed by atoms with Crippen LogP contribution in [0.5, 0.6) is 0 Å². The Balaban J connectivity index is 2.86. The average Bonchev–Trinajstić information content (AvgIpc) is 2.29. The van der Waals surface area contributed by atoms with Gasteiger partial charge in [0.1, 0.15) is 11.1 Å². The van der Waals surface area contributed by atoms with Gasteiger partial charge in [0.2, 0.25) is 0 Å². The van der Waals surface area contributed by atoms with Crippen LogP contribution in [-0.2, 0) is 4.74 Å². The number of nitrogens with zero attached hydrogens (tertiary/aromatic N) is 1. The molecule has 0 spiro atoms. The lowest BCUT2D eigenvalue weighted by Crippen LogP contribution is -2.47. The van der Waals surface area contributed by atoms with Gasteiger partial charge in [0.25, 0.3) is 0 Å². The summed E-state index contributed by atoms with van der Waals surface area (Å²) in [5.41, 5.74) is -1.47. The average molecular weight is 235 g/mol. The van der Waals surface area contributed by atoms with Gasteiger partial charge in [0.15, 0.2) is 0 Å². The van der Waals surface area contributed by atoms with Crippen LogP contribution in [-0.4, -0.2) is 17.1 Å². The fourth-order valence-corrected chi connectivity index (χ4v) is 1.10. The number of esters is 1. The van der Waals surface area contributed by atoms with E-state index in [1.54, 1.807) is 52.0 Å². The maximum atomic E-state index is 11.9. The van der Waals surface area contributed by atoms with Crippen molar-refractivity contribution in [2.45, 2.75) is 38.8 Å². The number of hydrogen-bond acceptors (Lipinski definition) is 4. The van der Waals surface area contributed by atoms with Gasteiger partial charge in [-0.2, -0.15) is 4.91 Å². The lowest BCUT2D eigenvalue weighted by atomic mass is 9.86. The summed E-state index contributed by atoms with van der Waals surface area (Å²) in [4.78, 5) is 22.6. The van der Waals surface area contributed by atoms with Crippen LogP contribution in [0.15, 0.2) is 35.5 Å². The SMILES string of the molecule is CC(C)(N=O)C(C)(C)OC(=O)c1ccccc1. The van der Waals surface area contributed by atoms with Gasteiger partial charge in [-0.25, -0.2) is 4.79 Å². The number of benzene rings is 1. The predicted molar refractivity (Wildman–Crippen MR) is 65.8 cm³/mol. The molecular weight excluding hydrogens is 218 g/mol. The molecule has 0 atom stereocenters. The van der Waals surface area contributed by atoms with Crippen LogP contribution in [0.25, 0.3) is 0 Å². The molecule has 1 rings (SSSR count). The van der Waals surface area contributed by atoms with Crippen molar-refractivity contribution in [1.82, 2.24) is 0 Å². The third-order valence-corrected chi connectivity index (χ3v) is 3.06. The summed E-state index contributed by atoms with van der Waals surface area (Å²) < 4.78 is 5.35. The minimum atomic E-state index is -0.975. The molecule has 0 saturated heterocycles. The maximum Gasteiger partial charge on any atom is 0.338 e. The van der Waals surface area contributed by atoms with Gasteiger partial charge in [-0.05, 0) is 39.8 Å². The van der Waals surface area contributed by atoms with E-state index >= 15 is 0 Å². The summed E-state index contributed by atoms with van der Waals surface area (Å²) in [6.45, 7) is 6.63. The first-order valence-electron chi connectivity index (χ1n) is 5.43. The molecule has 0 heterocycles. The second kappa shape index (κ2) is 4.65. The molecule has 4 nitrogen and oxygen atoms in total. The van der Waals surface area contributed by atoms with Gasteiger partial charge in [0.05, 0.1) is 5.56 Å². The zero-order valence-corrected chi connectivity index (χ0v) is 10.6. The lowest BCUT2D eigenvalue weighted by Gasteiger charge is -2.35. The summed E-state index contributed by atoms with van der Waals surface area (Å²) in [5.74, 6) is -0.452. The minimum Gasteiger partial charge on any atom is -0.453 e. The van der Waals surface area contributed by atoms with E-state index in [9.17, 15) is 9.70 Å². The highest BCUT2D eigenvalue weighted by Gasteiger charge is 2.42. The Morgan fingerprint density at radius 2 is 1.65 bits per heavy atom. The molecule has 4 heteroatoms. The molecule has 17 heavy (non-hydrogen) atoms. The van der Waals surface area contributed by atoms with Crippen molar-refractivity contribution in [3.63, 3.8) is 0 Å². The Hall–Kier alpha value is -1.71. The Kier molecular flexibility index (Phi) is 3.66. The molecule has 0 amide bonds. The van der Waals surface area contributed by atoms with Crippen molar-refractivity contribution in [3.8, 4) is 0 Å². The second-order valence-electron chi connectivity index (χ2n) is 4.92. The smallest absolute Gasteiger partial charge is 0.338 e. The molecule has 0 saturated carbocycles. The third kappa shape index (κ3) is 2.90. The quantitative estimate of drug-likeness (QED) is 0.595. The van der Waals surface area contributed by atoms with E-state index in [-0.39, 0.29) is 0 Å². The largest absolute Gasteiger partial charge is 0.453 e. The number of carbonyl (C=O) groups excluding carboxylic acids is 1. The minimum absolute atomic E-state index is 0.452. The van der Waals surface area contributed by atoms with Gasteiger partial charge < -0.3 is 4.74 Å². The zero-order valence-electron chi connectivity index (χ0n) is 10.6. The van der Waals surface area contributed by atoms with Gasteiger partial charge in [0, 0.05) is 0 Å². The summed E-state index contributed by atoms with van der Waals surface area (Å²) in [5, 5.41) is 3.01. The van der Waals surface area contributed by atoms with E-state index in [4.69, 9.17) is 4.74 Å². The first kappa shape index (κ1) is 13.4. The Morgan fingerprint density at radius 1 is 1.12 bits per heavy atom. The van der Waals surface area contributed by atoms with Crippen LogP contribution in [0.4, 0.5) is 0 Å². The molecule has 0 fully saturated rings. The lowest BCUT2D eigenvalue weighted by molar-refractivity contribution is -0.0312. The molecule has 1 aromatic carbocycles. The fourth-order valence-electron chi connectivity index (χ4n) is 1.10. The third-order valence-electron chi connectivity index (χ3n) is 3.06. The van der Waals surface area contributed by atoms with Crippen LogP contribution in [0.3, 0.4) is 0 Å². The standard InChI is InChI=1S/C13H17NO3/c1-12(2,14-16)13(3,4)17-11(15)10-8-6-5-7-9-10/h5-9H,1-4H3. The highest BCUT2D eigenvalue weighted by atomic mass is 16.6. The Labute approximate surface area is 101 Å². The monoisotopic (exact) mass is 235 g/mol. The molecule has 0 aliphatic heterocycles. The maximum absolute atomic E-state index is 11.9. The molecule has 92 valence electrons. The van der Waals surface area contributed by atoms with Gasteiger partial charge in [-0.1, -0.05) is 23.4 Å². The number of rotatable bonds is 4. The van der Waals surface area contributed by atoms with Crippen molar-refractivity contribution < 1.29 is 9.53 Å². The highest BCUT2D eigenvalue weighted by Crippen LogP contribution is 2.29. The first-order chi connectivity index (χ1) is 7.80. The van der Waals surface area contributed by atoms with Gasteiger partial charge in [-0.3, -0.25) is 0 Å². The molecule has 0 bridgehead atoms. The second-order valence-corrected chi connectivity index (χ2v) is 4.92. The van der Waals surface area contributed by atoms with E-state index in [2.05, 4.69) is 5.18 Å². The van der Waals surface area contributed by atoms with E-state index in [0.29, 0.717) is 5.56 Å². The summed E-state index contributed by atoms with van der Waals surface area (Å²) >= 11 is 0. The number of nitroso groups, excluding NO2 is 1. The number of ether oxygens (including phenoxy) is 1. The number of carbonyl (C=O) groups is 1. The summed E-state index contributed by atoms with van der Waals surface area (Å²) in [7, 11) is 0. The van der Waals surface area contributed by atoms with Crippen molar-refractivity contribution in [2.24, 2.45) is 5.18 Å². The normalized spacial score (nSPS) is 12.0. The molecule has 0 aliphatic carbocycles. The molecule has 0 unspecified atom stereocenters. The Bertz CT molecular complexity index is 410. The first-order valence-corrected chi connectivity index (χ1v) is 5.43. The highest BCUT2D eigenvalue weighted by molar-refractivity contribution is 5.89. The van der Waals surface area contributed by atoms with Crippen molar-refractivity contribution in [3.05, 3.63) is 40.8 Å². The van der Waals surface area contributed by atoms with Crippen LogP contribution in [0, 0.1) is 4.91 Å². The van der Waals surface area contributed by atoms with Crippen molar-refractivity contribution in [2.75, 3.05) is 0 Å². The van der Waals surface area contributed by atoms with Crippen LogP contribution < -0.4 is 0 Å². The summed E-state index contributed by atoms with van der Waals surface area (Å²) in [6, 6.07) is 8.66. The summed E-state index contributed by atoms with van der Waals surface area (Å²) in [6.07, 6.45) is 0. The van der Waals surface area contributed by atoms with Crippen LogP contribution >= 0.6 is 0 Å². The molecular formula is C13H17NO3. The molecule has 0 aromatic heterocycles. The molecule has 0 radical (unpaired) electrons. The van der Waals surface area contributed by atoms with Crippen LogP contribution in [0.1, 0.15) is 38.1 Å². The van der Waals surface area contributed by atoms with Crippen molar-refractivity contribution >= 4 is 5.97 Å². The van der Waals surface area contributed by atoms with E-state index in [1.165, 1.54) is 0 Å².